The number of likely N-dealkylation sites (tertiary alicyclic amines) is 1. The molecule has 0 aliphatic carbocycles. The van der Waals surface area contributed by atoms with Crippen LogP contribution in [0.15, 0.2) is 0 Å². The lowest BCUT2D eigenvalue weighted by atomic mass is 10.0. The van der Waals surface area contributed by atoms with E-state index in [1.54, 1.807) is 11.8 Å². The first-order chi connectivity index (χ1) is 11.2. The molecule has 0 saturated carbocycles. The van der Waals surface area contributed by atoms with Crippen molar-refractivity contribution in [1.82, 2.24) is 10.2 Å². The van der Waals surface area contributed by atoms with Gasteiger partial charge in [-0.2, -0.15) is 0 Å². The van der Waals surface area contributed by atoms with Crippen molar-refractivity contribution < 1.29 is 19.0 Å². The molecule has 1 N–H and O–H groups in total. The zero-order valence-electron chi connectivity index (χ0n) is 13.9. The number of thioether (sulfide) groups is 1. The molecule has 9 heteroatoms. The van der Waals surface area contributed by atoms with Crippen LogP contribution in [0.1, 0.15) is 6.92 Å². The minimum absolute atomic E-state index is 0.0743. The van der Waals surface area contributed by atoms with Crippen LogP contribution in [-0.4, -0.2) is 81.0 Å². The zero-order valence-corrected chi connectivity index (χ0v) is 16.4. The van der Waals surface area contributed by atoms with Gasteiger partial charge >= 0.3 is 0 Å². The molecule has 1 heterocycles. The molecule has 0 aromatic rings. The van der Waals surface area contributed by atoms with Crippen LogP contribution in [0.4, 0.5) is 0 Å². The van der Waals surface area contributed by atoms with Crippen molar-refractivity contribution in [2.24, 2.45) is 5.92 Å². The third kappa shape index (κ3) is 10.1. The van der Waals surface area contributed by atoms with Crippen molar-refractivity contribution in [3.63, 3.8) is 0 Å². The van der Waals surface area contributed by atoms with Gasteiger partial charge in [0.05, 0.1) is 39.0 Å². The third-order valence-electron chi connectivity index (χ3n) is 3.29. The SMILES string of the molecule is CSCN1CC(C(=O)NCCOCCOCCOC(C)SS)C1. The van der Waals surface area contributed by atoms with Gasteiger partial charge in [0.15, 0.2) is 0 Å². The lowest BCUT2D eigenvalue weighted by molar-refractivity contribution is -0.130. The number of hydrogen-bond donors (Lipinski definition) is 2. The normalized spacial score (nSPS) is 17.0. The molecule has 0 aromatic carbocycles. The Bertz CT molecular complexity index is 320. The van der Waals surface area contributed by atoms with E-state index in [2.05, 4.69) is 28.1 Å². The summed E-state index contributed by atoms with van der Waals surface area (Å²) in [5, 5.41) is 2.91. The quantitative estimate of drug-likeness (QED) is 0.203. The number of amides is 1. The van der Waals surface area contributed by atoms with Gasteiger partial charge in [0, 0.05) is 25.5 Å². The predicted octanol–water partition coefficient (Wildman–Crippen LogP) is 1.33. The maximum atomic E-state index is 11.8. The minimum Gasteiger partial charge on any atom is -0.377 e. The van der Waals surface area contributed by atoms with Crippen LogP contribution in [0.2, 0.25) is 0 Å². The van der Waals surface area contributed by atoms with Crippen LogP contribution < -0.4 is 5.32 Å². The van der Waals surface area contributed by atoms with Crippen molar-refractivity contribution >= 4 is 40.1 Å². The predicted molar refractivity (Wildman–Crippen MR) is 100 cm³/mol. The molecule has 6 nitrogen and oxygen atoms in total. The fourth-order valence-corrected chi connectivity index (χ4v) is 2.96. The summed E-state index contributed by atoms with van der Waals surface area (Å²) in [5.41, 5.74) is 0.0743. The van der Waals surface area contributed by atoms with E-state index in [0.29, 0.717) is 39.6 Å². The lowest BCUT2D eigenvalue weighted by Crippen LogP contribution is -2.53. The Morgan fingerprint density at radius 1 is 1.26 bits per heavy atom. The van der Waals surface area contributed by atoms with Gasteiger partial charge in [-0.3, -0.25) is 9.69 Å². The number of carbonyl (C=O) groups excluding carboxylic acids is 1. The monoisotopic (exact) mass is 384 g/mol. The maximum absolute atomic E-state index is 11.8. The van der Waals surface area contributed by atoms with Crippen LogP contribution in [0.5, 0.6) is 0 Å². The Morgan fingerprint density at radius 3 is 2.57 bits per heavy atom. The molecule has 1 rings (SSSR count). The average Bonchev–Trinajstić information content (AvgIpc) is 2.51. The van der Waals surface area contributed by atoms with Crippen molar-refractivity contribution in [2.45, 2.75) is 12.4 Å². The highest BCUT2D eigenvalue weighted by atomic mass is 33.1. The van der Waals surface area contributed by atoms with Crippen molar-refractivity contribution in [2.75, 3.05) is 64.8 Å². The van der Waals surface area contributed by atoms with Crippen LogP contribution in [-0.2, 0) is 19.0 Å². The molecule has 1 atom stereocenters. The second kappa shape index (κ2) is 13.6. The van der Waals surface area contributed by atoms with Gasteiger partial charge < -0.3 is 19.5 Å². The van der Waals surface area contributed by atoms with E-state index in [4.69, 9.17) is 14.2 Å². The molecule has 1 aliphatic heterocycles. The fourth-order valence-electron chi connectivity index (χ4n) is 2.04. The summed E-state index contributed by atoms with van der Waals surface area (Å²) in [4.78, 5) is 14.1. The maximum Gasteiger partial charge on any atom is 0.225 e. The van der Waals surface area contributed by atoms with Crippen molar-refractivity contribution in [3.05, 3.63) is 0 Å². The molecule has 1 fully saturated rings. The summed E-state index contributed by atoms with van der Waals surface area (Å²) >= 11 is 5.84. The molecule has 1 aliphatic rings. The number of nitrogens with one attached hydrogen (secondary N) is 1. The summed E-state index contributed by atoms with van der Waals surface area (Å²) in [7, 11) is 1.37. The van der Waals surface area contributed by atoms with Gasteiger partial charge in [-0.25, -0.2) is 0 Å². The number of thiol groups is 1. The first-order valence-electron chi connectivity index (χ1n) is 7.73. The summed E-state index contributed by atoms with van der Waals surface area (Å²) in [6.45, 7) is 6.91. The largest absolute Gasteiger partial charge is 0.377 e. The van der Waals surface area contributed by atoms with Crippen LogP contribution >= 0.6 is 34.2 Å². The summed E-state index contributed by atoms with van der Waals surface area (Å²) in [6, 6.07) is 0. The van der Waals surface area contributed by atoms with E-state index in [0.717, 1.165) is 19.0 Å². The van der Waals surface area contributed by atoms with Gasteiger partial charge in [0.2, 0.25) is 5.91 Å². The molecule has 0 aromatic heterocycles. The Kier molecular flexibility index (Phi) is 12.7. The standard InChI is InChI=1S/C14H28N2O4S3/c1-12(23-21)20-8-7-19-6-5-18-4-3-15-14(17)13-9-16(10-13)11-22-2/h12-13,21H,3-11H2,1-2H3,(H,15,17). The highest BCUT2D eigenvalue weighted by Gasteiger charge is 2.31. The molecular weight excluding hydrogens is 356 g/mol. The van der Waals surface area contributed by atoms with E-state index in [1.165, 1.54) is 10.8 Å². The zero-order chi connectivity index (χ0) is 16.9. The first-order valence-corrected chi connectivity index (χ1v) is 11.1. The Hall–Kier alpha value is 0.360. The van der Waals surface area contributed by atoms with Gasteiger partial charge in [0.1, 0.15) is 5.44 Å². The fraction of sp³-hybridized carbons (Fsp3) is 0.929. The summed E-state index contributed by atoms with van der Waals surface area (Å²) in [5.74, 6) is 1.28. The van der Waals surface area contributed by atoms with Crippen molar-refractivity contribution in [1.29, 1.82) is 0 Å². The Morgan fingerprint density at radius 2 is 1.91 bits per heavy atom. The minimum atomic E-state index is 0.0743. The summed E-state index contributed by atoms with van der Waals surface area (Å²) < 4.78 is 16.2. The molecule has 0 radical (unpaired) electrons. The smallest absolute Gasteiger partial charge is 0.225 e. The first kappa shape index (κ1) is 21.4. The average molecular weight is 385 g/mol. The van der Waals surface area contributed by atoms with Crippen molar-refractivity contribution in [3.8, 4) is 0 Å². The van der Waals surface area contributed by atoms with E-state index in [9.17, 15) is 4.79 Å². The highest BCUT2D eigenvalue weighted by Crippen LogP contribution is 2.17. The molecule has 0 spiro atoms. The van der Waals surface area contributed by atoms with E-state index in [1.807, 2.05) is 6.92 Å². The Balaban J connectivity index is 1.80. The highest BCUT2D eigenvalue weighted by molar-refractivity contribution is 8.68. The molecule has 0 bridgehead atoms. The van der Waals surface area contributed by atoms with Gasteiger partial charge in [-0.05, 0) is 13.2 Å². The van der Waals surface area contributed by atoms with Gasteiger partial charge in [-0.15, -0.1) is 23.4 Å². The lowest BCUT2D eigenvalue weighted by Gasteiger charge is -2.37. The molecule has 1 amide bonds. The van der Waals surface area contributed by atoms with Crippen LogP contribution in [0.25, 0.3) is 0 Å². The van der Waals surface area contributed by atoms with Gasteiger partial charge in [0.25, 0.3) is 0 Å². The van der Waals surface area contributed by atoms with Crippen LogP contribution in [0, 0.1) is 5.92 Å². The number of carbonyl (C=O) groups is 1. The topological polar surface area (TPSA) is 60.0 Å². The summed E-state index contributed by atoms with van der Waals surface area (Å²) in [6.07, 6.45) is 2.07. The number of ether oxygens (including phenoxy) is 3. The second-order valence-electron chi connectivity index (χ2n) is 5.21. The second-order valence-corrected chi connectivity index (χ2v) is 7.55. The van der Waals surface area contributed by atoms with E-state index in [-0.39, 0.29) is 17.3 Å². The van der Waals surface area contributed by atoms with Crippen LogP contribution in [0.3, 0.4) is 0 Å². The van der Waals surface area contributed by atoms with E-state index < -0.39 is 0 Å². The molecule has 1 unspecified atom stereocenters. The number of nitrogens with zero attached hydrogens (tertiary/aromatic N) is 1. The molecular formula is C14H28N2O4S3. The van der Waals surface area contributed by atoms with Gasteiger partial charge in [-0.1, -0.05) is 10.8 Å². The molecule has 136 valence electrons. The molecule has 1 saturated heterocycles. The molecule has 23 heavy (non-hydrogen) atoms. The number of rotatable bonds is 14. The van der Waals surface area contributed by atoms with E-state index >= 15 is 0 Å². The Labute approximate surface area is 152 Å². The number of hydrogen-bond acceptors (Lipinski definition) is 8. The third-order valence-corrected chi connectivity index (χ3v) is 5.23.